The Morgan fingerprint density at radius 2 is 1.89 bits per heavy atom. The van der Waals surface area contributed by atoms with E-state index in [4.69, 9.17) is 5.84 Å². The van der Waals surface area contributed by atoms with Gasteiger partial charge in [-0.2, -0.15) is 0 Å². The number of hydrogen-bond acceptors (Lipinski definition) is 2. The largest absolute Gasteiger partial charge is 0.325 e. The number of aliphatic imine (C=N–C) groups is 1. The van der Waals surface area contributed by atoms with E-state index in [0.29, 0.717) is 11.9 Å². The van der Waals surface area contributed by atoms with Crippen LogP contribution in [0, 0.1) is 19.8 Å². The van der Waals surface area contributed by atoms with Crippen molar-refractivity contribution in [3.05, 3.63) is 27.7 Å². The molecule has 100 valence electrons. The third-order valence-electron chi connectivity index (χ3n) is 2.45. The standard InChI is InChI=1S/C13H21BrN4/c1-8(2)7-16-13(18-15)17-11-5-9(3)12(14)10(4)6-11/h5-6,8H,7,15H2,1-4H3,(H2,16,17,18). The van der Waals surface area contributed by atoms with Gasteiger partial charge in [0.2, 0.25) is 5.96 Å². The molecule has 0 bridgehead atoms. The molecule has 0 aliphatic carbocycles. The molecule has 0 fully saturated rings. The molecule has 0 unspecified atom stereocenters. The fourth-order valence-electron chi connectivity index (χ4n) is 1.55. The molecule has 0 heterocycles. The zero-order valence-electron chi connectivity index (χ0n) is 11.3. The molecule has 5 heteroatoms. The molecule has 4 nitrogen and oxygen atoms in total. The molecule has 0 amide bonds. The number of rotatable bonds is 3. The Labute approximate surface area is 117 Å². The Bertz CT molecular complexity index is 418. The highest BCUT2D eigenvalue weighted by Crippen LogP contribution is 2.24. The number of anilines is 1. The zero-order chi connectivity index (χ0) is 13.7. The number of aryl methyl sites for hydroxylation is 2. The molecule has 18 heavy (non-hydrogen) atoms. The maximum Gasteiger partial charge on any atom is 0.210 e. The summed E-state index contributed by atoms with van der Waals surface area (Å²) in [5.41, 5.74) is 5.92. The third-order valence-corrected chi connectivity index (χ3v) is 3.70. The summed E-state index contributed by atoms with van der Waals surface area (Å²) in [7, 11) is 0. The van der Waals surface area contributed by atoms with Crippen molar-refractivity contribution in [1.29, 1.82) is 0 Å². The van der Waals surface area contributed by atoms with Crippen molar-refractivity contribution in [3.63, 3.8) is 0 Å². The van der Waals surface area contributed by atoms with Gasteiger partial charge in [0.25, 0.3) is 0 Å². The van der Waals surface area contributed by atoms with E-state index in [9.17, 15) is 0 Å². The average molecular weight is 313 g/mol. The summed E-state index contributed by atoms with van der Waals surface area (Å²) in [5, 5.41) is 3.19. The number of halogens is 1. The average Bonchev–Trinajstić information content (AvgIpc) is 2.31. The van der Waals surface area contributed by atoms with Gasteiger partial charge in [0.05, 0.1) is 0 Å². The second-order valence-electron chi connectivity index (χ2n) is 4.78. The van der Waals surface area contributed by atoms with Crippen LogP contribution in [-0.4, -0.2) is 12.5 Å². The van der Waals surface area contributed by atoms with Crippen LogP contribution >= 0.6 is 15.9 Å². The van der Waals surface area contributed by atoms with Gasteiger partial charge in [-0.1, -0.05) is 29.8 Å². The van der Waals surface area contributed by atoms with Crippen LogP contribution in [0.2, 0.25) is 0 Å². The minimum Gasteiger partial charge on any atom is -0.325 e. The number of benzene rings is 1. The first-order valence-electron chi connectivity index (χ1n) is 5.99. The molecule has 0 radical (unpaired) electrons. The van der Waals surface area contributed by atoms with Crippen LogP contribution in [0.5, 0.6) is 0 Å². The molecule has 0 atom stereocenters. The van der Waals surface area contributed by atoms with Gasteiger partial charge < -0.3 is 5.32 Å². The van der Waals surface area contributed by atoms with Gasteiger partial charge in [0.1, 0.15) is 0 Å². The highest BCUT2D eigenvalue weighted by Gasteiger charge is 2.04. The minimum absolute atomic E-state index is 0.503. The van der Waals surface area contributed by atoms with Gasteiger partial charge >= 0.3 is 0 Å². The summed E-state index contributed by atoms with van der Waals surface area (Å²) in [6.45, 7) is 9.09. The first-order chi connectivity index (χ1) is 8.43. The van der Waals surface area contributed by atoms with Crippen molar-refractivity contribution in [2.24, 2.45) is 16.8 Å². The lowest BCUT2D eigenvalue weighted by atomic mass is 10.1. The minimum atomic E-state index is 0.503. The molecule has 4 N–H and O–H groups in total. The van der Waals surface area contributed by atoms with E-state index in [1.807, 2.05) is 0 Å². The maximum absolute atomic E-state index is 5.46. The number of nitrogens with one attached hydrogen (secondary N) is 2. The van der Waals surface area contributed by atoms with Crippen LogP contribution < -0.4 is 16.6 Å². The van der Waals surface area contributed by atoms with E-state index in [1.165, 1.54) is 11.1 Å². The van der Waals surface area contributed by atoms with Gasteiger partial charge in [0, 0.05) is 16.7 Å². The Kier molecular flexibility index (Phi) is 5.62. The van der Waals surface area contributed by atoms with Crippen molar-refractivity contribution < 1.29 is 0 Å². The summed E-state index contributed by atoms with van der Waals surface area (Å²) in [6.07, 6.45) is 0. The molecule has 0 saturated heterocycles. The highest BCUT2D eigenvalue weighted by atomic mass is 79.9. The van der Waals surface area contributed by atoms with Crippen LogP contribution in [0.3, 0.4) is 0 Å². The Balaban J connectivity index is 2.85. The zero-order valence-corrected chi connectivity index (χ0v) is 12.9. The van der Waals surface area contributed by atoms with Crippen molar-refractivity contribution in [3.8, 4) is 0 Å². The number of hydrazine groups is 1. The van der Waals surface area contributed by atoms with Gasteiger partial charge in [-0.25, -0.2) is 5.84 Å². The lowest BCUT2D eigenvalue weighted by molar-refractivity contribution is 0.663. The third kappa shape index (κ3) is 4.31. The predicted octanol–water partition coefficient (Wildman–Crippen LogP) is 2.95. The number of guanidine groups is 1. The normalized spacial score (nSPS) is 11.8. The molecular formula is C13H21BrN4. The SMILES string of the molecule is Cc1cc(NC(=NCC(C)C)NN)cc(C)c1Br. The van der Waals surface area contributed by atoms with Gasteiger partial charge in [-0.05, 0) is 43.0 Å². The summed E-state index contributed by atoms with van der Waals surface area (Å²) < 4.78 is 1.13. The summed E-state index contributed by atoms with van der Waals surface area (Å²) in [5.74, 6) is 6.55. The van der Waals surface area contributed by atoms with Crippen LogP contribution in [0.25, 0.3) is 0 Å². The first kappa shape index (κ1) is 15.0. The molecule has 1 rings (SSSR count). The molecule has 0 spiro atoms. The predicted molar refractivity (Wildman–Crippen MR) is 81.7 cm³/mol. The summed E-state index contributed by atoms with van der Waals surface area (Å²) in [4.78, 5) is 4.38. The second kappa shape index (κ2) is 6.75. The topological polar surface area (TPSA) is 62.4 Å². The number of nitrogens with zero attached hydrogens (tertiary/aromatic N) is 1. The molecule has 0 aliphatic rings. The van der Waals surface area contributed by atoms with E-state index in [-0.39, 0.29) is 0 Å². The Morgan fingerprint density at radius 3 is 2.33 bits per heavy atom. The molecule has 0 aromatic heterocycles. The Hall–Kier alpha value is -1.07. The first-order valence-corrected chi connectivity index (χ1v) is 6.78. The molecular weight excluding hydrogens is 292 g/mol. The van der Waals surface area contributed by atoms with Crippen LogP contribution in [0.4, 0.5) is 5.69 Å². The fourth-order valence-corrected chi connectivity index (χ4v) is 1.78. The monoisotopic (exact) mass is 312 g/mol. The molecule has 0 saturated carbocycles. The van der Waals surface area contributed by atoms with Crippen molar-refractivity contribution in [2.75, 3.05) is 11.9 Å². The van der Waals surface area contributed by atoms with E-state index >= 15 is 0 Å². The van der Waals surface area contributed by atoms with E-state index in [1.54, 1.807) is 0 Å². The van der Waals surface area contributed by atoms with E-state index in [2.05, 4.69) is 71.5 Å². The van der Waals surface area contributed by atoms with E-state index < -0.39 is 0 Å². The van der Waals surface area contributed by atoms with Crippen LogP contribution in [0.1, 0.15) is 25.0 Å². The lowest BCUT2D eigenvalue weighted by Gasteiger charge is -2.12. The number of hydrogen-bond donors (Lipinski definition) is 3. The molecule has 1 aromatic carbocycles. The highest BCUT2D eigenvalue weighted by molar-refractivity contribution is 9.10. The summed E-state index contributed by atoms with van der Waals surface area (Å²) in [6, 6.07) is 4.11. The smallest absolute Gasteiger partial charge is 0.210 e. The quantitative estimate of drug-likeness (QED) is 0.348. The molecule has 1 aromatic rings. The maximum atomic E-state index is 5.46. The van der Waals surface area contributed by atoms with Crippen molar-refractivity contribution >= 4 is 27.6 Å². The van der Waals surface area contributed by atoms with Crippen molar-refractivity contribution in [1.82, 2.24) is 5.43 Å². The summed E-state index contributed by atoms with van der Waals surface area (Å²) >= 11 is 3.55. The van der Waals surface area contributed by atoms with Gasteiger partial charge in [-0.15, -0.1) is 0 Å². The number of nitrogens with two attached hydrogens (primary N) is 1. The van der Waals surface area contributed by atoms with Crippen molar-refractivity contribution in [2.45, 2.75) is 27.7 Å². The second-order valence-corrected chi connectivity index (χ2v) is 5.57. The molecule has 0 aliphatic heterocycles. The van der Waals surface area contributed by atoms with E-state index in [0.717, 1.165) is 16.7 Å². The Morgan fingerprint density at radius 1 is 1.33 bits per heavy atom. The van der Waals surface area contributed by atoms with Gasteiger partial charge in [0.15, 0.2) is 0 Å². The van der Waals surface area contributed by atoms with Crippen LogP contribution in [-0.2, 0) is 0 Å². The van der Waals surface area contributed by atoms with Gasteiger partial charge in [-0.3, -0.25) is 10.4 Å². The lowest BCUT2D eigenvalue weighted by Crippen LogP contribution is -2.36. The van der Waals surface area contributed by atoms with Crippen LogP contribution in [0.15, 0.2) is 21.6 Å². The fraction of sp³-hybridized carbons (Fsp3) is 0.462.